The maximum absolute atomic E-state index is 14.6. The van der Waals surface area contributed by atoms with Crippen molar-refractivity contribution in [2.45, 2.75) is 105 Å². The van der Waals surface area contributed by atoms with E-state index in [2.05, 4.69) is 0 Å². The van der Waals surface area contributed by atoms with E-state index in [1.807, 2.05) is 0 Å². The molecule has 105 heavy (non-hydrogen) atoms. The fraction of sp³-hybridized carbons (Fsp3) is 0.278. The number of aliphatic hydroxyl groups is 2. The van der Waals surface area contributed by atoms with Gasteiger partial charge in [-0.25, -0.2) is 38.4 Å². The average molecular weight is 1440 g/mol. The van der Waals surface area contributed by atoms with E-state index in [1.165, 1.54) is 116 Å². The van der Waals surface area contributed by atoms with Gasteiger partial charge in [0.05, 0.1) is 64.8 Å². The molecule has 0 unspecified atom stereocenters. The molecule has 0 aromatic heterocycles. The molecule has 8 aromatic rings. The van der Waals surface area contributed by atoms with Crippen LogP contribution >= 0.6 is 0 Å². The van der Waals surface area contributed by atoms with Crippen LogP contribution in [0.1, 0.15) is 95.7 Å². The summed E-state index contributed by atoms with van der Waals surface area (Å²) in [7, 11) is 1.18. The van der Waals surface area contributed by atoms with Crippen molar-refractivity contribution in [3.63, 3.8) is 0 Å². The van der Waals surface area contributed by atoms with Gasteiger partial charge in [0, 0.05) is 6.42 Å². The molecule has 3 aliphatic heterocycles. The van der Waals surface area contributed by atoms with Gasteiger partial charge in [0.15, 0.2) is 55.5 Å². The predicted molar refractivity (Wildman–Crippen MR) is 363 cm³/mol. The minimum absolute atomic E-state index is 0.00226. The molecule has 3 heterocycles. The lowest BCUT2D eigenvalue weighted by molar-refractivity contribution is -0.364. The van der Waals surface area contributed by atoms with Gasteiger partial charge in [0.2, 0.25) is 0 Å². The van der Waals surface area contributed by atoms with E-state index in [4.69, 9.17) is 71.1 Å². The molecule has 0 bridgehead atoms. The highest BCUT2D eigenvalue weighted by molar-refractivity contribution is 5.93. The number of aliphatic hydroxyl groups excluding tert-OH is 2. The van der Waals surface area contributed by atoms with E-state index < -0.39 is 166 Å². The molecule has 3 fully saturated rings. The predicted octanol–water partition coefficient (Wildman–Crippen LogP) is 8.32. The number of benzene rings is 8. The summed E-state index contributed by atoms with van der Waals surface area (Å²) < 4.78 is 92.9. The Bertz CT molecular complexity index is 4180. The molecule has 0 amide bonds. The highest BCUT2D eigenvalue weighted by Gasteiger charge is 2.58. The van der Waals surface area contributed by atoms with E-state index in [0.717, 1.165) is 0 Å². The topological polar surface area (TPSA) is 333 Å². The number of hydrogen-bond donors (Lipinski definition) is 2. The molecule has 0 saturated carbocycles. The van der Waals surface area contributed by atoms with Gasteiger partial charge in [-0.3, -0.25) is 4.79 Å². The fourth-order valence-corrected chi connectivity index (χ4v) is 11.5. The Morgan fingerprint density at radius 2 is 0.590 bits per heavy atom. The molecule has 11 rings (SSSR count). The lowest BCUT2D eigenvalue weighted by atomic mass is 9.95. The molecule has 544 valence electrons. The Morgan fingerprint density at radius 3 is 0.924 bits per heavy atom. The molecule has 26 heteroatoms. The van der Waals surface area contributed by atoms with Crippen LogP contribution in [0, 0.1) is 0 Å². The summed E-state index contributed by atoms with van der Waals surface area (Å²) in [6, 6.07) is 61.1. The van der Waals surface area contributed by atoms with E-state index in [0.29, 0.717) is 0 Å². The standard InChI is InChI=1S/C79H72O26/c1-91-59(80)43-26-44-92-77-61(82)64(105-79-68(104-76(90)55-41-24-9-25-42-55)66(102-74(88)53-37-20-7-21-38-53)63(100-72(86)51-33-16-5-17-34-51)58(98-79)47-94-70(84)49-29-12-3-13-30-49)60(81)56(96-77)45-95-78-67(103-75(89)54-39-22-8-23-40-54)65(101-73(87)52-35-18-6-19-36-52)62(99-71(85)50-31-14-4-15-32-50)57(97-78)46-93-69(83)48-27-10-2-11-28-48/h2-25,27-42,56-58,60-68,77-79,81-82H,26,43-47H2,1H3/t56-,57-,58-,60-,61+,62-,63-,64+,65+,66+,67+,68+,77+,78+,79-/m1/s1. The molecular weight excluding hydrogens is 1360 g/mol. The van der Waals surface area contributed by atoms with Crippen LogP contribution in [0.3, 0.4) is 0 Å². The van der Waals surface area contributed by atoms with Crippen molar-refractivity contribution in [1.82, 2.24) is 0 Å². The SMILES string of the molecule is COC(=O)CCCO[C@H]1O[C@H](CO[C@H]2O[C@H](COC(=O)c3ccccc3)[C@@H](OC(=O)c3ccccc3)[C@H](OC(=O)c3ccccc3)[C@@H]2OC(=O)c2ccccc2)[C@@H](O)[C@H](O[C@H]2O[C@H](COC(=O)c3ccccc3)[C@@H](OC(=O)c3ccccc3)[C@H](OC(=O)c3ccccc3)[C@@H]2OC(=O)c2ccccc2)[C@@H]1O. The van der Waals surface area contributed by atoms with Crippen LogP contribution in [-0.4, -0.2) is 190 Å². The maximum atomic E-state index is 14.6. The molecule has 0 radical (unpaired) electrons. The van der Waals surface area contributed by atoms with Crippen molar-refractivity contribution >= 4 is 53.7 Å². The molecule has 26 nitrogen and oxygen atoms in total. The van der Waals surface area contributed by atoms with Crippen molar-refractivity contribution in [1.29, 1.82) is 0 Å². The molecule has 2 N–H and O–H groups in total. The number of rotatable bonds is 28. The monoisotopic (exact) mass is 1440 g/mol. The Hall–Kier alpha value is -11.3. The number of carbonyl (C=O) groups excluding carboxylic acids is 9. The van der Waals surface area contributed by atoms with Gasteiger partial charge in [0.25, 0.3) is 0 Å². The van der Waals surface area contributed by atoms with Crippen LogP contribution in [0.25, 0.3) is 0 Å². The number of carbonyl (C=O) groups is 9. The Kier molecular flexibility index (Phi) is 26.2. The first-order chi connectivity index (χ1) is 51.1. The van der Waals surface area contributed by atoms with Crippen molar-refractivity contribution in [2.75, 3.05) is 33.5 Å². The molecule has 3 aliphatic rings. The van der Waals surface area contributed by atoms with Crippen molar-refractivity contribution in [3.05, 3.63) is 287 Å². The quantitative estimate of drug-likeness (QED) is 0.0264. The van der Waals surface area contributed by atoms with E-state index in [-0.39, 0.29) is 64.0 Å². The van der Waals surface area contributed by atoms with E-state index >= 15 is 0 Å². The normalized spacial score (nSPS) is 24.0. The molecule has 3 saturated heterocycles. The van der Waals surface area contributed by atoms with Crippen LogP contribution in [-0.2, 0) is 75.8 Å². The second-order valence-electron chi connectivity index (χ2n) is 23.9. The largest absolute Gasteiger partial charge is 0.469 e. The van der Waals surface area contributed by atoms with Gasteiger partial charge in [0.1, 0.15) is 49.8 Å². The first kappa shape index (κ1) is 74.8. The van der Waals surface area contributed by atoms with Gasteiger partial charge in [-0.15, -0.1) is 0 Å². The van der Waals surface area contributed by atoms with Gasteiger partial charge < -0.3 is 81.3 Å². The second-order valence-corrected chi connectivity index (χ2v) is 23.9. The zero-order valence-electron chi connectivity index (χ0n) is 56.2. The highest BCUT2D eigenvalue weighted by atomic mass is 16.8. The first-order valence-corrected chi connectivity index (χ1v) is 33.4. The summed E-state index contributed by atoms with van der Waals surface area (Å²) in [6.45, 7) is -2.81. The van der Waals surface area contributed by atoms with Gasteiger partial charge in [-0.1, -0.05) is 146 Å². The lowest BCUT2D eigenvalue weighted by Gasteiger charge is -2.48. The van der Waals surface area contributed by atoms with E-state index in [1.54, 1.807) is 133 Å². The van der Waals surface area contributed by atoms with Crippen molar-refractivity contribution < 1.29 is 124 Å². The van der Waals surface area contributed by atoms with Crippen molar-refractivity contribution in [3.8, 4) is 0 Å². The summed E-state index contributed by atoms with van der Waals surface area (Å²) in [5.74, 6) is -8.59. The zero-order valence-corrected chi connectivity index (χ0v) is 56.2. The third kappa shape index (κ3) is 19.7. The summed E-state index contributed by atoms with van der Waals surface area (Å²) in [6.07, 6.45) is -29.5. The van der Waals surface area contributed by atoms with Crippen molar-refractivity contribution in [2.24, 2.45) is 0 Å². The van der Waals surface area contributed by atoms with Gasteiger partial charge in [-0.2, -0.15) is 0 Å². The van der Waals surface area contributed by atoms with Crippen LogP contribution in [0.15, 0.2) is 243 Å². The third-order valence-corrected chi connectivity index (χ3v) is 16.9. The Morgan fingerprint density at radius 1 is 0.305 bits per heavy atom. The summed E-state index contributed by atoms with van der Waals surface area (Å²) >= 11 is 0. The number of esters is 9. The van der Waals surface area contributed by atoms with E-state index in [9.17, 15) is 53.4 Å². The molecule has 8 aromatic carbocycles. The maximum Gasteiger partial charge on any atom is 0.338 e. The van der Waals surface area contributed by atoms with Gasteiger partial charge in [-0.05, 0) is 103 Å². The number of methoxy groups -OCH3 is 1. The molecule has 0 aliphatic carbocycles. The number of ether oxygens (including phenoxy) is 15. The smallest absolute Gasteiger partial charge is 0.338 e. The molecule has 0 spiro atoms. The minimum Gasteiger partial charge on any atom is -0.469 e. The summed E-state index contributed by atoms with van der Waals surface area (Å²) in [4.78, 5) is 127. The van der Waals surface area contributed by atoms with Crippen LogP contribution in [0.4, 0.5) is 0 Å². The third-order valence-electron chi connectivity index (χ3n) is 16.9. The Labute approximate surface area is 601 Å². The summed E-state index contributed by atoms with van der Waals surface area (Å²) in [5.41, 5.74) is 0.0528. The summed E-state index contributed by atoms with van der Waals surface area (Å²) in [5, 5.41) is 25.5. The van der Waals surface area contributed by atoms with Crippen LogP contribution < -0.4 is 0 Å². The van der Waals surface area contributed by atoms with Crippen LogP contribution in [0.5, 0.6) is 0 Å². The Balaban J connectivity index is 0.989. The van der Waals surface area contributed by atoms with Gasteiger partial charge >= 0.3 is 53.7 Å². The zero-order chi connectivity index (χ0) is 73.6. The van der Waals surface area contributed by atoms with Crippen LogP contribution in [0.2, 0.25) is 0 Å². The number of hydrogen-bond acceptors (Lipinski definition) is 26. The average Bonchev–Trinajstić information content (AvgIpc) is 0.774. The lowest BCUT2D eigenvalue weighted by Crippen LogP contribution is -2.67. The molecular formula is C79H72O26. The molecule has 15 atom stereocenters. The minimum atomic E-state index is -2.17. The highest BCUT2D eigenvalue weighted by Crippen LogP contribution is 2.37. The second kappa shape index (κ2) is 36.7. The fourth-order valence-electron chi connectivity index (χ4n) is 11.5. The first-order valence-electron chi connectivity index (χ1n) is 33.4.